The SMILES string of the molecule is CCc1nccc(CN2CCC[C@H](c3ccccc3)CC2)n1. The average Bonchev–Trinajstić information content (AvgIpc) is 2.81. The third-order valence-corrected chi connectivity index (χ3v) is 4.56. The highest BCUT2D eigenvalue weighted by atomic mass is 15.1. The van der Waals surface area contributed by atoms with Crippen LogP contribution < -0.4 is 0 Å². The topological polar surface area (TPSA) is 29.0 Å². The van der Waals surface area contributed by atoms with Crippen LogP contribution in [-0.2, 0) is 13.0 Å². The van der Waals surface area contributed by atoms with Crippen LogP contribution in [0.5, 0.6) is 0 Å². The second kappa shape index (κ2) is 7.50. The predicted molar refractivity (Wildman–Crippen MR) is 89.7 cm³/mol. The third kappa shape index (κ3) is 3.92. The van der Waals surface area contributed by atoms with Gasteiger partial charge in [0, 0.05) is 19.2 Å². The second-order valence-electron chi connectivity index (χ2n) is 6.13. The molecule has 0 N–H and O–H groups in total. The molecule has 1 saturated heterocycles. The maximum atomic E-state index is 4.64. The molecule has 1 aromatic heterocycles. The first kappa shape index (κ1) is 15.2. The van der Waals surface area contributed by atoms with Crippen molar-refractivity contribution in [3.05, 3.63) is 59.7 Å². The Hall–Kier alpha value is -1.74. The van der Waals surface area contributed by atoms with Gasteiger partial charge in [0.1, 0.15) is 5.82 Å². The summed E-state index contributed by atoms with van der Waals surface area (Å²) in [6.07, 6.45) is 6.61. The number of aromatic nitrogens is 2. The fourth-order valence-corrected chi connectivity index (χ4v) is 3.30. The summed E-state index contributed by atoms with van der Waals surface area (Å²) in [5.41, 5.74) is 2.66. The first-order chi connectivity index (χ1) is 10.8. The molecule has 116 valence electrons. The Kier molecular flexibility index (Phi) is 5.17. The molecule has 0 bridgehead atoms. The molecule has 1 aliphatic rings. The summed E-state index contributed by atoms with van der Waals surface area (Å²) in [7, 11) is 0. The van der Waals surface area contributed by atoms with Gasteiger partial charge < -0.3 is 0 Å². The number of benzene rings is 1. The van der Waals surface area contributed by atoms with Crippen LogP contribution in [0.3, 0.4) is 0 Å². The van der Waals surface area contributed by atoms with Crippen molar-refractivity contribution in [3.8, 4) is 0 Å². The molecule has 0 amide bonds. The lowest BCUT2D eigenvalue weighted by Crippen LogP contribution is -2.25. The normalized spacial score (nSPS) is 19.8. The van der Waals surface area contributed by atoms with E-state index in [1.165, 1.54) is 31.4 Å². The van der Waals surface area contributed by atoms with Gasteiger partial charge in [-0.05, 0) is 49.9 Å². The number of rotatable bonds is 4. The molecule has 1 fully saturated rings. The molecule has 3 nitrogen and oxygen atoms in total. The smallest absolute Gasteiger partial charge is 0.128 e. The summed E-state index contributed by atoms with van der Waals surface area (Å²) in [6.45, 7) is 5.40. The van der Waals surface area contributed by atoms with Gasteiger partial charge in [0.25, 0.3) is 0 Å². The lowest BCUT2D eigenvalue weighted by atomic mass is 9.92. The Morgan fingerprint density at radius 2 is 1.95 bits per heavy atom. The van der Waals surface area contributed by atoms with Crippen LogP contribution in [0.15, 0.2) is 42.6 Å². The summed E-state index contributed by atoms with van der Waals surface area (Å²) in [5, 5.41) is 0. The van der Waals surface area contributed by atoms with Gasteiger partial charge in [0.05, 0.1) is 5.69 Å². The molecule has 1 atom stereocenters. The Morgan fingerprint density at radius 3 is 2.77 bits per heavy atom. The van der Waals surface area contributed by atoms with Gasteiger partial charge in [0.2, 0.25) is 0 Å². The zero-order valence-corrected chi connectivity index (χ0v) is 13.4. The Bertz CT molecular complexity index is 582. The van der Waals surface area contributed by atoms with Crippen molar-refractivity contribution in [1.29, 1.82) is 0 Å². The van der Waals surface area contributed by atoms with Crippen LogP contribution >= 0.6 is 0 Å². The molecule has 22 heavy (non-hydrogen) atoms. The van der Waals surface area contributed by atoms with E-state index in [0.29, 0.717) is 5.92 Å². The Balaban J connectivity index is 1.60. The van der Waals surface area contributed by atoms with Gasteiger partial charge in [-0.2, -0.15) is 0 Å². The lowest BCUT2D eigenvalue weighted by Gasteiger charge is -2.20. The summed E-state index contributed by atoms with van der Waals surface area (Å²) in [4.78, 5) is 11.5. The van der Waals surface area contributed by atoms with Gasteiger partial charge in [-0.15, -0.1) is 0 Å². The number of hydrogen-bond donors (Lipinski definition) is 0. The Labute approximate surface area is 133 Å². The molecule has 1 aliphatic heterocycles. The zero-order valence-electron chi connectivity index (χ0n) is 13.4. The van der Waals surface area contributed by atoms with Crippen molar-refractivity contribution in [2.75, 3.05) is 13.1 Å². The molecule has 1 aromatic carbocycles. The van der Waals surface area contributed by atoms with E-state index in [1.807, 2.05) is 6.20 Å². The van der Waals surface area contributed by atoms with Crippen molar-refractivity contribution in [2.45, 2.75) is 45.1 Å². The van der Waals surface area contributed by atoms with E-state index in [4.69, 9.17) is 0 Å². The number of aryl methyl sites for hydroxylation is 1. The molecule has 3 rings (SSSR count). The largest absolute Gasteiger partial charge is 0.297 e. The van der Waals surface area contributed by atoms with E-state index in [1.54, 1.807) is 0 Å². The van der Waals surface area contributed by atoms with Gasteiger partial charge in [0.15, 0.2) is 0 Å². The highest BCUT2D eigenvalue weighted by molar-refractivity contribution is 5.19. The lowest BCUT2D eigenvalue weighted by molar-refractivity contribution is 0.272. The molecule has 0 saturated carbocycles. The third-order valence-electron chi connectivity index (χ3n) is 4.56. The maximum Gasteiger partial charge on any atom is 0.128 e. The molecular weight excluding hydrogens is 270 g/mol. The first-order valence-electron chi connectivity index (χ1n) is 8.43. The van der Waals surface area contributed by atoms with E-state index in [9.17, 15) is 0 Å². The van der Waals surface area contributed by atoms with Crippen LogP contribution in [0.2, 0.25) is 0 Å². The minimum atomic E-state index is 0.711. The summed E-state index contributed by atoms with van der Waals surface area (Å²) in [6, 6.07) is 13.0. The van der Waals surface area contributed by atoms with Crippen molar-refractivity contribution < 1.29 is 0 Å². The van der Waals surface area contributed by atoms with Crippen molar-refractivity contribution >= 4 is 0 Å². The second-order valence-corrected chi connectivity index (χ2v) is 6.13. The van der Waals surface area contributed by atoms with Crippen LogP contribution in [0, 0.1) is 0 Å². The molecular formula is C19H25N3. The van der Waals surface area contributed by atoms with E-state index >= 15 is 0 Å². The average molecular weight is 295 g/mol. The van der Waals surface area contributed by atoms with E-state index in [2.05, 4.69) is 58.2 Å². The number of likely N-dealkylation sites (tertiary alicyclic amines) is 1. The molecule has 0 unspecified atom stereocenters. The van der Waals surface area contributed by atoms with Crippen LogP contribution in [-0.4, -0.2) is 28.0 Å². The quantitative estimate of drug-likeness (QED) is 0.859. The summed E-state index contributed by atoms with van der Waals surface area (Å²) in [5.74, 6) is 1.66. The van der Waals surface area contributed by atoms with E-state index < -0.39 is 0 Å². The van der Waals surface area contributed by atoms with Crippen LogP contribution in [0.4, 0.5) is 0 Å². The minimum absolute atomic E-state index is 0.711. The fraction of sp³-hybridized carbons (Fsp3) is 0.474. The molecule has 2 heterocycles. The number of nitrogens with zero attached hydrogens (tertiary/aromatic N) is 3. The van der Waals surface area contributed by atoms with Gasteiger partial charge in [-0.25, -0.2) is 9.97 Å². The van der Waals surface area contributed by atoms with Crippen molar-refractivity contribution in [1.82, 2.24) is 14.9 Å². The summed E-state index contributed by atoms with van der Waals surface area (Å²) < 4.78 is 0. The molecule has 0 spiro atoms. The maximum absolute atomic E-state index is 4.64. The standard InChI is InChI=1S/C19H25N3/c1-2-19-20-12-10-18(21-19)15-22-13-6-9-17(11-14-22)16-7-4-3-5-8-16/h3-5,7-8,10,12,17H,2,6,9,11,13-15H2,1H3/t17-/m0/s1. The molecule has 3 heteroatoms. The number of hydrogen-bond acceptors (Lipinski definition) is 3. The highest BCUT2D eigenvalue weighted by Crippen LogP contribution is 2.28. The molecule has 0 radical (unpaired) electrons. The van der Waals surface area contributed by atoms with Crippen molar-refractivity contribution in [3.63, 3.8) is 0 Å². The van der Waals surface area contributed by atoms with Gasteiger partial charge in [-0.3, -0.25) is 4.90 Å². The minimum Gasteiger partial charge on any atom is -0.297 e. The molecule has 0 aliphatic carbocycles. The Morgan fingerprint density at radius 1 is 1.09 bits per heavy atom. The van der Waals surface area contributed by atoms with E-state index in [0.717, 1.165) is 31.0 Å². The first-order valence-corrected chi connectivity index (χ1v) is 8.43. The van der Waals surface area contributed by atoms with Crippen LogP contribution in [0.1, 0.15) is 49.2 Å². The van der Waals surface area contributed by atoms with Gasteiger partial charge >= 0.3 is 0 Å². The molecule has 2 aromatic rings. The van der Waals surface area contributed by atoms with Crippen LogP contribution in [0.25, 0.3) is 0 Å². The highest BCUT2D eigenvalue weighted by Gasteiger charge is 2.18. The van der Waals surface area contributed by atoms with E-state index in [-0.39, 0.29) is 0 Å². The summed E-state index contributed by atoms with van der Waals surface area (Å²) >= 11 is 0. The zero-order chi connectivity index (χ0) is 15.2. The predicted octanol–water partition coefficient (Wildman–Crippen LogP) is 3.81. The monoisotopic (exact) mass is 295 g/mol. The fourth-order valence-electron chi connectivity index (χ4n) is 3.30. The van der Waals surface area contributed by atoms with Crippen molar-refractivity contribution in [2.24, 2.45) is 0 Å². The van der Waals surface area contributed by atoms with Gasteiger partial charge in [-0.1, -0.05) is 37.3 Å².